The summed E-state index contributed by atoms with van der Waals surface area (Å²) in [6.45, 7) is 4.01. The molecule has 1 unspecified atom stereocenters. The summed E-state index contributed by atoms with van der Waals surface area (Å²) in [7, 11) is 0. The molecule has 4 nitrogen and oxygen atoms in total. The van der Waals surface area contributed by atoms with Crippen LogP contribution in [0, 0.1) is 11.8 Å². The zero-order valence-electron chi connectivity index (χ0n) is 9.74. The first-order valence-corrected chi connectivity index (χ1v) is 6.29. The van der Waals surface area contributed by atoms with E-state index >= 15 is 0 Å². The normalized spacial score (nSPS) is 24.6. The van der Waals surface area contributed by atoms with Gasteiger partial charge in [-0.2, -0.15) is 0 Å². The third-order valence-corrected chi connectivity index (χ3v) is 3.09. The van der Waals surface area contributed by atoms with Gasteiger partial charge in [0.2, 0.25) is 5.91 Å². The van der Waals surface area contributed by atoms with E-state index in [-0.39, 0.29) is 5.91 Å². The Kier molecular flexibility index (Phi) is 4.60. The Hall–Kier alpha value is -0.610. The van der Waals surface area contributed by atoms with Gasteiger partial charge in [-0.05, 0) is 25.7 Å². The minimum Gasteiger partial charge on any atom is -0.381 e. The van der Waals surface area contributed by atoms with Gasteiger partial charge in [0.15, 0.2) is 0 Å². The number of hydrogen-bond acceptors (Lipinski definition) is 3. The fraction of sp³-hybridized carbons (Fsp3) is 0.917. The van der Waals surface area contributed by atoms with Gasteiger partial charge in [0, 0.05) is 31.6 Å². The van der Waals surface area contributed by atoms with E-state index in [2.05, 4.69) is 5.32 Å². The largest absolute Gasteiger partial charge is 0.381 e. The van der Waals surface area contributed by atoms with Crippen LogP contribution >= 0.6 is 0 Å². The second kappa shape index (κ2) is 6.21. The standard InChI is InChI=1S/C12H21NO3/c14-12(11-2-3-11)13-5-1-6-15-8-10-4-7-16-9-10/h10-11H,1-9H2,(H,13,14). The Bertz CT molecular complexity index is 222. The number of carbonyl (C=O) groups excluding carboxylic acids is 1. The molecule has 0 aromatic rings. The monoisotopic (exact) mass is 227 g/mol. The second-order valence-corrected chi connectivity index (χ2v) is 4.72. The summed E-state index contributed by atoms with van der Waals surface area (Å²) in [5.74, 6) is 1.13. The van der Waals surface area contributed by atoms with E-state index in [4.69, 9.17) is 9.47 Å². The molecule has 0 aromatic heterocycles. The van der Waals surface area contributed by atoms with Crippen molar-refractivity contribution in [2.75, 3.05) is 33.0 Å². The molecule has 4 heteroatoms. The van der Waals surface area contributed by atoms with Crippen LogP contribution in [0.25, 0.3) is 0 Å². The molecule has 2 fully saturated rings. The van der Waals surface area contributed by atoms with E-state index in [1.807, 2.05) is 0 Å². The Labute approximate surface area is 96.7 Å². The molecule has 16 heavy (non-hydrogen) atoms. The van der Waals surface area contributed by atoms with Gasteiger partial charge >= 0.3 is 0 Å². The van der Waals surface area contributed by atoms with Crippen LogP contribution in [0.5, 0.6) is 0 Å². The Balaban J connectivity index is 1.38. The first-order chi connectivity index (χ1) is 7.86. The first-order valence-electron chi connectivity index (χ1n) is 6.29. The van der Waals surface area contributed by atoms with Gasteiger partial charge in [0.1, 0.15) is 0 Å². The van der Waals surface area contributed by atoms with Crippen LogP contribution < -0.4 is 5.32 Å². The molecule has 2 aliphatic rings. The van der Waals surface area contributed by atoms with Gasteiger partial charge in [0.05, 0.1) is 13.2 Å². The minimum absolute atomic E-state index is 0.226. The number of carbonyl (C=O) groups is 1. The molecule has 0 bridgehead atoms. The number of hydrogen-bond donors (Lipinski definition) is 1. The lowest BCUT2D eigenvalue weighted by Crippen LogP contribution is -2.26. The Morgan fingerprint density at radius 3 is 2.94 bits per heavy atom. The zero-order chi connectivity index (χ0) is 11.2. The van der Waals surface area contributed by atoms with Crippen LogP contribution in [-0.4, -0.2) is 38.9 Å². The predicted molar refractivity (Wildman–Crippen MR) is 60.1 cm³/mol. The van der Waals surface area contributed by atoms with Crippen LogP contribution in [0.4, 0.5) is 0 Å². The zero-order valence-corrected chi connectivity index (χ0v) is 9.74. The van der Waals surface area contributed by atoms with Gasteiger partial charge in [-0.15, -0.1) is 0 Å². The van der Waals surface area contributed by atoms with Gasteiger partial charge in [-0.3, -0.25) is 4.79 Å². The summed E-state index contributed by atoms with van der Waals surface area (Å²) < 4.78 is 10.8. The highest BCUT2D eigenvalue weighted by Crippen LogP contribution is 2.28. The summed E-state index contributed by atoms with van der Waals surface area (Å²) >= 11 is 0. The molecule has 0 aromatic carbocycles. The summed E-state index contributed by atoms with van der Waals surface area (Å²) in [5, 5.41) is 2.93. The number of ether oxygens (including phenoxy) is 2. The second-order valence-electron chi connectivity index (χ2n) is 4.72. The average Bonchev–Trinajstić information content (AvgIpc) is 3.02. The highest BCUT2D eigenvalue weighted by molar-refractivity contribution is 5.80. The summed E-state index contributed by atoms with van der Waals surface area (Å²) in [6.07, 6.45) is 4.18. The maximum atomic E-state index is 11.3. The molecule has 1 aliphatic carbocycles. The maximum absolute atomic E-state index is 11.3. The lowest BCUT2D eigenvalue weighted by molar-refractivity contribution is -0.122. The van der Waals surface area contributed by atoms with Gasteiger partial charge in [-0.1, -0.05) is 0 Å². The van der Waals surface area contributed by atoms with Gasteiger partial charge in [-0.25, -0.2) is 0 Å². The summed E-state index contributed by atoms with van der Waals surface area (Å²) in [4.78, 5) is 11.3. The molecule has 1 saturated heterocycles. The van der Waals surface area contributed by atoms with E-state index in [1.165, 1.54) is 0 Å². The van der Waals surface area contributed by atoms with Crippen molar-refractivity contribution in [1.82, 2.24) is 5.32 Å². The van der Waals surface area contributed by atoms with Crippen molar-refractivity contribution in [2.24, 2.45) is 11.8 Å². The lowest BCUT2D eigenvalue weighted by Gasteiger charge is -2.09. The van der Waals surface area contributed by atoms with Gasteiger partial charge in [0.25, 0.3) is 0 Å². The molecule has 1 amide bonds. The number of nitrogens with one attached hydrogen (secondary N) is 1. The molecule has 1 atom stereocenters. The van der Waals surface area contributed by atoms with E-state index in [0.717, 1.165) is 58.7 Å². The molecule has 92 valence electrons. The highest BCUT2D eigenvalue weighted by atomic mass is 16.5. The van der Waals surface area contributed by atoms with E-state index in [1.54, 1.807) is 0 Å². The molecule has 1 saturated carbocycles. The minimum atomic E-state index is 0.226. The molecule has 1 heterocycles. The molecular formula is C12H21NO3. The fourth-order valence-electron chi connectivity index (χ4n) is 1.84. The van der Waals surface area contributed by atoms with Crippen LogP contribution in [0.15, 0.2) is 0 Å². The predicted octanol–water partition coefficient (Wildman–Crippen LogP) is 0.956. The van der Waals surface area contributed by atoms with Crippen LogP contribution in [-0.2, 0) is 14.3 Å². The maximum Gasteiger partial charge on any atom is 0.223 e. The molecule has 1 N–H and O–H groups in total. The molecule has 0 spiro atoms. The Morgan fingerprint density at radius 1 is 1.38 bits per heavy atom. The van der Waals surface area contributed by atoms with Crippen molar-refractivity contribution < 1.29 is 14.3 Å². The van der Waals surface area contributed by atoms with Crippen LogP contribution in [0.3, 0.4) is 0 Å². The molecule has 0 radical (unpaired) electrons. The quantitative estimate of drug-likeness (QED) is 0.659. The third-order valence-electron chi connectivity index (χ3n) is 3.09. The smallest absolute Gasteiger partial charge is 0.223 e. The summed E-state index contributed by atoms with van der Waals surface area (Å²) in [6, 6.07) is 0. The van der Waals surface area contributed by atoms with Crippen molar-refractivity contribution in [2.45, 2.75) is 25.7 Å². The SMILES string of the molecule is O=C(NCCCOCC1CCOC1)C1CC1. The Morgan fingerprint density at radius 2 is 2.25 bits per heavy atom. The van der Waals surface area contributed by atoms with Crippen LogP contribution in [0.2, 0.25) is 0 Å². The van der Waals surface area contributed by atoms with Crippen molar-refractivity contribution in [3.8, 4) is 0 Å². The van der Waals surface area contributed by atoms with Crippen molar-refractivity contribution in [3.05, 3.63) is 0 Å². The topological polar surface area (TPSA) is 47.6 Å². The highest BCUT2D eigenvalue weighted by Gasteiger charge is 2.28. The van der Waals surface area contributed by atoms with Crippen molar-refractivity contribution in [3.63, 3.8) is 0 Å². The average molecular weight is 227 g/mol. The molecule has 1 aliphatic heterocycles. The number of amides is 1. The lowest BCUT2D eigenvalue weighted by atomic mass is 10.1. The molecule has 2 rings (SSSR count). The number of rotatable bonds is 7. The third kappa shape index (κ3) is 4.10. The first kappa shape index (κ1) is 11.9. The van der Waals surface area contributed by atoms with E-state index < -0.39 is 0 Å². The molecular weight excluding hydrogens is 206 g/mol. The fourth-order valence-corrected chi connectivity index (χ4v) is 1.84. The van der Waals surface area contributed by atoms with Crippen molar-refractivity contribution >= 4 is 5.91 Å². The van der Waals surface area contributed by atoms with Crippen LogP contribution in [0.1, 0.15) is 25.7 Å². The summed E-state index contributed by atoms with van der Waals surface area (Å²) in [5.41, 5.74) is 0. The van der Waals surface area contributed by atoms with Gasteiger partial charge < -0.3 is 14.8 Å². The van der Waals surface area contributed by atoms with E-state index in [9.17, 15) is 4.79 Å². The van der Waals surface area contributed by atoms with Crippen molar-refractivity contribution in [1.29, 1.82) is 0 Å². The van der Waals surface area contributed by atoms with E-state index in [0.29, 0.717) is 11.8 Å².